The van der Waals surface area contributed by atoms with Crippen LogP contribution in [0.3, 0.4) is 0 Å². The summed E-state index contributed by atoms with van der Waals surface area (Å²) in [5.41, 5.74) is 0. The minimum absolute atomic E-state index is 0.0460. The van der Waals surface area contributed by atoms with Crippen LogP contribution in [0, 0.1) is 11.8 Å². The number of hydrogen-bond donors (Lipinski definition) is 1. The minimum atomic E-state index is -3.42. The van der Waals surface area contributed by atoms with Gasteiger partial charge in [-0.05, 0) is 53.8 Å². The average molecular weight is 386 g/mol. The van der Waals surface area contributed by atoms with Gasteiger partial charge in [-0.3, -0.25) is 0 Å². The van der Waals surface area contributed by atoms with Crippen molar-refractivity contribution in [3.63, 3.8) is 0 Å². The van der Waals surface area contributed by atoms with Gasteiger partial charge < -0.3 is 5.32 Å². The zero-order chi connectivity index (χ0) is 13.8. The predicted octanol–water partition coefficient (Wildman–Crippen LogP) is 2.39. The number of thiophene rings is 1. The van der Waals surface area contributed by atoms with Crippen molar-refractivity contribution in [2.75, 3.05) is 19.6 Å². The molecule has 106 valence electrons. The normalized spacial score (nSPS) is 31.8. The van der Waals surface area contributed by atoms with Crippen molar-refractivity contribution in [3.05, 3.63) is 14.9 Å². The Balaban J connectivity index is 1.93. The summed E-state index contributed by atoms with van der Waals surface area (Å²) in [5.74, 6) is 0.859. The second-order valence-electron chi connectivity index (χ2n) is 5.08. The van der Waals surface area contributed by atoms with Gasteiger partial charge in [0.2, 0.25) is 0 Å². The highest BCUT2D eigenvalue weighted by atomic mass is 79.9. The summed E-state index contributed by atoms with van der Waals surface area (Å²) in [5, 5.41) is 3.79. The van der Waals surface area contributed by atoms with Gasteiger partial charge in [-0.15, -0.1) is 11.3 Å². The fourth-order valence-electron chi connectivity index (χ4n) is 3.02. The zero-order valence-corrected chi connectivity index (χ0v) is 14.2. The van der Waals surface area contributed by atoms with Crippen LogP contribution in [0.4, 0.5) is 0 Å². The van der Waals surface area contributed by atoms with Crippen LogP contribution in [0.2, 0.25) is 5.02 Å². The number of rotatable bonds is 2. The molecule has 3 atom stereocenters. The molecule has 2 aliphatic heterocycles. The van der Waals surface area contributed by atoms with E-state index in [1.807, 2.05) is 6.92 Å². The fourth-order valence-corrected chi connectivity index (χ4v) is 7.28. The molecule has 8 heteroatoms. The summed E-state index contributed by atoms with van der Waals surface area (Å²) in [6, 6.07) is 1.58. The molecule has 0 radical (unpaired) electrons. The molecule has 1 N–H and O–H groups in total. The smallest absolute Gasteiger partial charge is 0.252 e. The first-order chi connectivity index (χ1) is 8.91. The Morgan fingerprint density at radius 2 is 2.26 bits per heavy atom. The van der Waals surface area contributed by atoms with E-state index in [2.05, 4.69) is 21.2 Å². The highest BCUT2D eigenvalue weighted by Gasteiger charge is 2.47. The lowest BCUT2D eigenvalue weighted by atomic mass is 9.95. The number of hydrogen-bond acceptors (Lipinski definition) is 4. The molecule has 1 aromatic heterocycles. The molecule has 4 nitrogen and oxygen atoms in total. The highest BCUT2D eigenvalue weighted by Crippen LogP contribution is 2.40. The average Bonchev–Trinajstić information content (AvgIpc) is 2.99. The van der Waals surface area contributed by atoms with Crippen LogP contribution in [0.15, 0.2) is 14.1 Å². The Bertz CT molecular complexity index is 584. The molecule has 0 spiro atoms. The third-order valence-corrected chi connectivity index (χ3v) is 8.94. The van der Waals surface area contributed by atoms with Crippen LogP contribution >= 0.6 is 38.9 Å². The summed E-state index contributed by atoms with van der Waals surface area (Å²) in [4.78, 5) is 0. The molecule has 2 saturated heterocycles. The van der Waals surface area contributed by atoms with Gasteiger partial charge in [0.25, 0.3) is 10.0 Å². The summed E-state index contributed by atoms with van der Waals surface area (Å²) in [6.45, 7) is 4.43. The maximum Gasteiger partial charge on any atom is 0.252 e. The van der Waals surface area contributed by atoms with E-state index in [9.17, 15) is 8.42 Å². The fraction of sp³-hybridized carbons (Fsp3) is 0.636. The van der Waals surface area contributed by atoms with E-state index in [1.165, 1.54) is 17.4 Å². The Kier molecular flexibility index (Phi) is 3.73. The van der Waals surface area contributed by atoms with E-state index in [4.69, 9.17) is 11.6 Å². The standard InChI is InChI=1S/C11H14BrClN2O2S2/c1-6-8-4-14-3-7(8)5-15(6)19(16,17)10-2-9(13)11(12)18-10/h2,6-8,14H,3-5H2,1H3. The summed E-state index contributed by atoms with van der Waals surface area (Å²) < 4.78 is 28.0. The second kappa shape index (κ2) is 4.96. The van der Waals surface area contributed by atoms with Crippen molar-refractivity contribution >= 4 is 48.9 Å². The van der Waals surface area contributed by atoms with Crippen molar-refractivity contribution in [2.45, 2.75) is 17.2 Å². The first-order valence-corrected chi connectivity index (χ1v) is 9.51. The minimum Gasteiger partial charge on any atom is -0.316 e. The number of nitrogens with one attached hydrogen (secondary N) is 1. The maximum atomic E-state index is 12.7. The van der Waals surface area contributed by atoms with E-state index in [-0.39, 0.29) is 6.04 Å². The van der Waals surface area contributed by atoms with E-state index in [0.29, 0.717) is 31.4 Å². The van der Waals surface area contributed by atoms with Crippen LogP contribution < -0.4 is 5.32 Å². The van der Waals surface area contributed by atoms with Crippen molar-refractivity contribution in [2.24, 2.45) is 11.8 Å². The molecule has 3 unspecified atom stereocenters. The Morgan fingerprint density at radius 1 is 1.53 bits per heavy atom. The lowest BCUT2D eigenvalue weighted by molar-refractivity contribution is 0.361. The van der Waals surface area contributed by atoms with Crippen molar-refractivity contribution in [1.29, 1.82) is 0 Å². The molecule has 1 aromatic rings. The summed E-state index contributed by atoms with van der Waals surface area (Å²) >= 11 is 10.4. The van der Waals surface area contributed by atoms with Crippen LogP contribution in [-0.4, -0.2) is 38.4 Å². The van der Waals surface area contributed by atoms with Gasteiger partial charge in [0.05, 0.1) is 8.81 Å². The molecule has 0 bridgehead atoms. The van der Waals surface area contributed by atoms with Crippen molar-refractivity contribution < 1.29 is 8.42 Å². The van der Waals surface area contributed by atoms with Crippen LogP contribution in [0.25, 0.3) is 0 Å². The molecule has 0 amide bonds. The number of halogens is 2. The van der Waals surface area contributed by atoms with E-state index < -0.39 is 10.0 Å². The van der Waals surface area contributed by atoms with Crippen molar-refractivity contribution in [3.8, 4) is 0 Å². The Labute approximate surface area is 130 Å². The van der Waals surface area contributed by atoms with Crippen LogP contribution in [0.1, 0.15) is 6.92 Å². The number of sulfonamides is 1. The number of nitrogens with zero attached hydrogens (tertiary/aromatic N) is 1. The number of fused-ring (bicyclic) bond motifs is 1. The van der Waals surface area contributed by atoms with Crippen LogP contribution in [-0.2, 0) is 10.0 Å². The summed E-state index contributed by atoms with van der Waals surface area (Å²) in [6.07, 6.45) is 0. The maximum absolute atomic E-state index is 12.7. The first kappa shape index (κ1) is 14.3. The largest absolute Gasteiger partial charge is 0.316 e. The summed E-state index contributed by atoms with van der Waals surface area (Å²) in [7, 11) is -3.42. The van der Waals surface area contributed by atoms with E-state index in [0.717, 1.165) is 13.1 Å². The molecule has 3 rings (SSSR count). The molecule has 0 aromatic carbocycles. The molecule has 2 fully saturated rings. The predicted molar refractivity (Wildman–Crippen MR) is 80.2 cm³/mol. The quantitative estimate of drug-likeness (QED) is 0.850. The SMILES string of the molecule is CC1C2CNCC2CN1S(=O)(=O)c1cc(Cl)c(Br)s1. The van der Waals surface area contributed by atoms with Gasteiger partial charge in [0.1, 0.15) is 4.21 Å². The highest BCUT2D eigenvalue weighted by molar-refractivity contribution is 9.11. The molecule has 2 aliphatic rings. The molecular formula is C11H14BrClN2O2S2. The van der Waals surface area contributed by atoms with Gasteiger partial charge in [-0.25, -0.2) is 8.42 Å². The monoisotopic (exact) mass is 384 g/mol. The van der Waals surface area contributed by atoms with Gasteiger partial charge >= 0.3 is 0 Å². The third kappa shape index (κ3) is 2.28. The zero-order valence-electron chi connectivity index (χ0n) is 10.3. The lowest BCUT2D eigenvalue weighted by Gasteiger charge is -2.22. The Hall–Kier alpha value is 0.340. The van der Waals surface area contributed by atoms with Crippen molar-refractivity contribution in [1.82, 2.24) is 9.62 Å². The molecule has 3 heterocycles. The van der Waals surface area contributed by atoms with Gasteiger partial charge in [0, 0.05) is 12.6 Å². The molecule has 0 aliphatic carbocycles. The topological polar surface area (TPSA) is 49.4 Å². The van der Waals surface area contributed by atoms with Crippen LogP contribution in [0.5, 0.6) is 0 Å². The molecule has 0 saturated carbocycles. The Morgan fingerprint density at radius 3 is 2.84 bits per heavy atom. The van der Waals surface area contributed by atoms with Gasteiger partial charge in [-0.1, -0.05) is 11.6 Å². The third-order valence-electron chi connectivity index (χ3n) is 4.07. The second-order valence-corrected chi connectivity index (χ2v) is 9.98. The van der Waals surface area contributed by atoms with E-state index >= 15 is 0 Å². The molecule has 19 heavy (non-hydrogen) atoms. The lowest BCUT2D eigenvalue weighted by Crippen LogP contribution is -2.37. The van der Waals surface area contributed by atoms with Gasteiger partial charge in [-0.2, -0.15) is 4.31 Å². The van der Waals surface area contributed by atoms with E-state index in [1.54, 1.807) is 4.31 Å². The molecular weight excluding hydrogens is 372 g/mol. The first-order valence-electron chi connectivity index (χ1n) is 6.08. The van der Waals surface area contributed by atoms with Gasteiger partial charge in [0.15, 0.2) is 0 Å².